The van der Waals surface area contributed by atoms with Crippen LogP contribution in [-0.4, -0.2) is 98.9 Å². The second kappa shape index (κ2) is 38.5. The van der Waals surface area contributed by atoms with E-state index in [1.165, 1.54) is 135 Å². The Morgan fingerprint density at radius 1 is 0.517 bits per heavy atom. The Bertz CT molecular complexity index is 1050. The lowest BCUT2D eigenvalue weighted by molar-refractivity contribution is -0.220. The lowest BCUT2D eigenvalue weighted by Crippen LogP contribution is -2.64. The number of esters is 1. The van der Waals surface area contributed by atoms with Crippen LogP contribution in [0.5, 0.6) is 0 Å². The Morgan fingerprint density at radius 2 is 0.900 bits per heavy atom. The van der Waals surface area contributed by atoms with Crippen LogP contribution in [0.15, 0.2) is 12.2 Å². The molecule has 0 aromatic heterocycles. The molecule has 1 fully saturated rings. The predicted molar refractivity (Wildman–Crippen MR) is 240 cm³/mol. The Kier molecular flexibility index (Phi) is 36.7. The van der Waals surface area contributed by atoms with Crippen molar-refractivity contribution >= 4 is 13.8 Å². The van der Waals surface area contributed by atoms with Crippen LogP contribution in [0.4, 0.5) is 0 Å². The highest BCUT2D eigenvalue weighted by Crippen LogP contribution is 2.47. The van der Waals surface area contributed by atoms with Gasteiger partial charge < -0.3 is 39.9 Å². The van der Waals surface area contributed by atoms with Gasteiger partial charge in [0.05, 0.1) is 13.2 Å². The number of aliphatic hydroxyl groups excluding tert-OH is 5. The van der Waals surface area contributed by atoms with Crippen LogP contribution in [0.2, 0.25) is 0 Å². The molecule has 0 aliphatic heterocycles. The molecule has 6 atom stereocenters. The number of hydrogen-bond donors (Lipinski definition) is 6. The summed E-state index contributed by atoms with van der Waals surface area (Å²) in [5.74, 6) is -0.475. The van der Waals surface area contributed by atoms with Gasteiger partial charge in [-0.25, -0.2) is 4.57 Å². The molecule has 12 nitrogen and oxygen atoms in total. The maximum Gasteiger partial charge on any atom is 0.472 e. The van der Waals surface area contributed by atoms with E-state index in [4.69, 9.17) is 18.5 Å². The highest BCUT2D eigenvalue weighted by Gasteiger charge is 2.51. The summed E-state index contributed by atoms with van der Waals surface area (Å²) in [6, 6.07) is 0. The summed E-state index contributed by atoms with van der Waals surface area (Å²) < 4.78 is 34.2. The summed E-state index contributed by atoms with van der Waals surface area (Å²) in [6.07, 6.45) is 30.0. The molecule has 0 aromatic carbocycles. The molecule has 0 aromatic rings. The molecule has 6 unspecified atom stereocenters. The molecule has 1 rings (SSSR count). The van der Waals surface area contributed by atoms with Crippen LogP contribution in [0.3, 0.4) is 0 Å². The Hall–Kier alpha value is -0.920. The SMILES string of the molecule is CCCC/C=C\CCCCCCCCOCC(COP(=O)(O)OC1C(O)C(O)C(O)C(O)C1O)OC(=O)CCCCCCCCCCCCCCCCCCCCCCC. The maximum absolute atomic E-state index is 12.8. The van der Waals surface area contributed by atoms with Crippen molar-refractivity contribution in [3.05, 3.63) is 12.2 Å². The van der Waals surface area contributed by atoms with E-state index >= 15 is 0 Å². The summed E-state index contributed by atoms with van der Waals surface area (Å²) in [6.45, 7) is 4.24. The summed E-state index contributed by atoms with van der Waals surface area (Å²) in [4.78, 5) is 23.2. The van der Waals surface area contributed by atoms with Crippen LogP contribution in [0.1, 0.15) is 219 Å². The first-order valence-corrected chi connectivity index (χ1v) is 26.0. The highest BCUT2D eigenvalue weighted by atomic mass is 31.2. The van der Waals surface area contributed by atoms with E-state index in [0.29, 0.717) is 13.0 Å². The van der Waals surface area contributed by atoms with E-state index < -0.39 is 63.1 Å². The van der Waals surface area contributed by atoms with Crippen LogP contribution in [-0.2, 0) is 27.9 Å². The van der Waals surface area contributed by atoms with E-state index in [1.807, 2.05) is 0 Å². The number of phosphoric ester groups is 1. The zero-order chi connectivity index (χ0) is 44.1. The van der Waals surface area contributed by atoms with Gasteiger partial charge in [0.15, 0.2) is 0 Å². The smallest absolute Gasteiger partial charge is 0.457 e. The van der Waals surface area contributed by atoms with Crippen molar-refractivity contribution in [2.45, 2.75) is 262 Å². The van der Waals surface area contributed by atoms with Gasteiger partial charge in [-0.2, -0.15) is 0 Å². The quantitative estimate of drug-likeness (QED) is 0.0147. The molecule has 0 spiro atoms. The molecule has 1 saturated carbocycles. The number of rotatable bonds is 42. The van der Waals surface area contributed by atoms with Gasteiger partial charge in [0.2, 0.25) is 0 Å². The maximum atomic E-state index is 12.8. The third-order valence-corrected chi connectivity index (χ3v) is 12.6. The molecule has 0 saturated heterocycles. The minimum atomic E-state index is -5.01. The van der Waals surface area contributed by atoms with E-state index in [-0.39, 0.29) is 13.0 Å². The van der Waals surface area contributed by atoms with Crippen LogP contribution in [0.25, 0.3) is 0 Å². The normalized spacial score (nSPS) is 22.3. The number of hydrogen-bond acceptors (Lipinski definition) is 11. The lowest BCUT2D eigenvalue weighted by atomic mass is 9.85. The van der Waals surface area contributed by atoms with Crippen molar-refractivity contribution in [1.29, 1.82) is 0 Å². The van der Waals surface area contributed by atoms with Gasteiger partial charge in [-0.05, 0) is 32.1 Å². The molecule has 0 radical (unpaired) electrons. The third-order valence-electron chi connectivity index (χ3n) is 11.6. The van der Waals surface area contributed by atoms with Gasteiger partial charge in [-0.3, -0.25) is 13.8 Å². The van der Waals surface area contributed by atoms with Gasteiger partial charge in [0.1, 0.15) is 42.7 Å². The number of carbonyl (C=O) groups is 1. The Labute approximate surface area is 365 Å². The second-order valence-electron chi connectivity index (χ2n) is 17.3. The fourth-order valence-corrected chi connectivity index (χ4v) is 8.66. The number of ether oxygens (including phenoxy) is 2. The predicted octanol–water partition coefficient (Wildman–Crippen LogP) is 10.3. The van der Waals surface area contributed by atoms with Crippen molar-refractivity contribution in [2.24, 2.45) is 0 Å². The second-order valence-corrected chi connectivity index (χ2v) is 18.7. The molecule has 0 amide bonds. The summed E-state index contributed by atoms with van der Waals surface area (Å²) in [5, 5.41) is 50.2. The minimum absolute atomic E-state index is 0.0757. The van der Waals surface area contributed by atoms with Crippen molar-refractivity contribution in [1.82, 2.24) is 0 Å². The largest absolute Gasteiger partial charge is 0.472 e. The Balaban J connectivity index is 2.31. The monoisotopic (exact) mass is 879 g/mol. The van der Waals surface area contributed by atoms with E-state index in [2.05, 4.69) is 26.0 Å². The van der Waals surface area contributed by atoms with E-state index in [0.717, 1.165) is 57.8 Å². The van der Waals surface area contributed by atoms with E-state index in [1.54, 1.807) is 0 Å². The molecule has 6 N–H and O–H groups in total. The fraction of sp³-hybridized carbons (Fsp3) is 0.936. The molecule has 1 aliphatic rings. The number of carbonyl (C=O) groups excluding carboxylic acids is 1. The zero-order valence-corrected chi connectivity index (χ0v) is 38.9. The average molecular weight is 879 g/mol. The molecule has 60 heavy (non-hydrogen) atoms. The standard InChI is InChI=1S/C47H91O12P/c1-3-5-7-9-11-13-15-17-18-19-20-21-22-23-24-25-26-28-30-32-34-36-41(48)58-40(38-56-37-35-33-31-29-27-16-14-12-10-8-6-4-2)39-57-60(54,55)59-47-45(52)43(50)42(49)44(51)46(47)53/h10,12,40,42-47,49-53H,3-9,11,13-39H2,1-2H3,(H,54,55)/b12-10-. The number of allylic oxidation sites excluding steroid dienone is 2. The van der Waals surface area contributed by atoms with Gasteiger partial charge >= 0.3 is 13.8 Å². The molecule has 1 aliphatic carbocycles. The minimum Gasteiger partial charge on any atom is -0.457 e. The topological polar surface area (TPSA) is 192 Å². The molecular formula is C47H91O12P. The third kappa shape index (κ3) is 30.2. The molecule has 13 heteroatoms. The van der Waals surface area contributed by atoms with Gasteiger partial charge in [0.25, 0.3) is 0 Å². The van der Waals surface area contributed by atoms with Crippen molar-refractivity contribution < 1.29 is 58.3 Å². The first-order valence-electron chi connectivity index (χ1n) is 24.5. The van der Waals surface area contributed by atoms with Crippen molar-refractivity contribution in [3.63, 3.8) is 0 Å². The van der Waals surface area contributed by atoms with Gasteiger partial charge in [0, 0.05) is 13.0 Å². The van der Waals surface area contributed by atoms with Crippen LogP contribution < -0.4 is 0 Å². The lowest BCUT2D eigenvalue weighted by Gasteiger charge is -2.41. The molecular weight excluding hydrogens is 787 g/mol. The fourth-order valence-electron chi connectivity index (χ4n) is 7.69. The van der Waals surface area contributed by atoms with Crippen LogP contribution in [0, 0.1) is 0 Å². The van der Waals surface area contributed by atoms with Gasteiger partial charge in [-0.15, -0.1) is 0 Å². The molecule has 356 valence electrons. The molecule has 0 heterocycles. The first-order chi connectivity index (χ1) is 29.0. The van der Waals surface area contributed by atoms with Crippen molar-refractivity contribution in [3.8, 4) is 0 Å². The number of unbranched alkanes of at least 4 members (excludes halogenated alkanes) is 28. The van der Waals surface area contributed by atoms with Crippen LogP contribution >= 0.6 is 7.82 Å². The Morgan fingerprint density at radius 3 is 1.37 bits per heavy atom. The summed E-state index contributed by atoms with van der Waals surface area (Å²) in [7, 11) is -5.01. The number of phosphoric acid groups is 1. The number of aliphatic hydroxyl groups is 5. The first kappa shape index (κ1) is 57.1. The van der Waals surface area contributed by atoms with E-state index in [9.17, 15) is 39.8 Å². The molecule has 0 bridgehead atoms. The van der Waals surface area contributed by atoms with Gasteiger partial charge in [-0.1, -0.05) is 193 Å². The zero-order valence-electron chi connectivity index (χ0n) is 38.0. The van der Waals surface area contributed by atoms with Crippen molar-refractivity contribution in [2.75, 3.05) is 19.8 Å². The summed E-state index contributed by atoms with van der Waals surface area (Å²) in [5.41, 5.74) is 0. The highest BCUT2D eigenvalue weighted by molar-refractivity contribution is 7.47. The summed E-state index contributed by atoms with van der Waals surface area (Å²) >= 11 is 0. The average Bonchev–Trinajstić information content (AvgIpc) is 3.23.